The van der Waals surface area contributed by atoms with E-state index in [-0.39, 0.29) is 17.3 Å². The number of anilines is 2. The molecule has 2 rings (SSSR count). The summed E-state index contributed by atoms with van der Waals surface area (Å²) in [5.41, 5.74) is 0.910. The fourth-order valence-corrected chi connectivity index (χ4v) is 2.27. The Hall–Kier alpha value is -2.61. The second-order valence-corrected chi connectivity index (χ2v) is 5.92. The average molecular weight is 394 g/mol. The Bertz CT molecular complexity index is 749. The third-order valence-corrected chi connectivity index (χ3v) is 3.80. The van der Waals surface area contributed by atoms with Gasteiger partial charge in [0.05, 0.1) is 17.7 Å². The minimum atomic E-state index is -0.546. The number of hydrogen-bond acceptors (Lipinski definition) is 5. The van der Waals surface area contributed by atoms with Gasteiger partial charge in [0.15, 0.2) is 0 Å². The molecule has 1 unspecified atom stereocenters. The normalized spacial score (nSPS) is 11.5. The van der Waals surface area contributed by atoms with Crippen LogP contribution in [-0.2, 0) is 4.79 Å². The van der Waals surface area contributed by atoms with E-state index in [1.54, 1.807) is 6.92 Å². The van der Waals surface area contributed by atoms with E-state index >= 15 is 0 Å². The number of methoxy groups -OCH3 is 1. The first-order chi connectivity index (χ1) is 11.4. The lowest BCUT2D eigenvalue weighted by atomic mass is 10.2. The van der Waals surface area contributed by atoms with Crippen molar-refractivity contribution in [1.82, 2.24) is 0 Å². The quantitative estimate of drug-likeness (QED) is 0.574. The van der Waals surface area contributed by atoms with Crippen molar-refractivity contribution in [1.29, 1.82) is 0 Å². The molecule has 0 saturated heterocycles. The van der Waals surface area contributed by atoms with E-state index in [4.69, 9.17) is 4.74 Å². The van der Waals surface area contributed by atoms with E-state index in [0.29, 0.717) is 5.75 Å². The zero-order chi connectivity index (χ0) is 17.7. The number of non-ortho nitro benzene ring substituents is 1. The van der Waals surface area contributed by atoms with Gasteiger partial charge in [-0.05, 0) is 37.3 Å². The molecule has 0 bridgehead atoms. The van der Waals surface area contributed by atoms with Gasteiger partial charge >= 0.3 is 0 Å². The van der Waals surface area contributed by atoms with Crippen molar-refractivity contribution < 1.29 is 14.5 Å². The Labute approximate surface area is 147 Å². The summed E-state index contributed by atoms with van der Waals surface area (Å²) in [6.07, 6.45) is 0. The average Bonchev–Trinajstić information content (AvgIpc) is 2.56. The molecule has 8 heteroatoms. The number of carbonyl (C=O) groups is 1. The Kier molecular flexibility index (Phi) is 5.75. The molecule has 2 aromatic rings. The highest BCUT2D eigenvalue weighted by atomic mass is 79.9. The number of nitrogens with zero attached hydrogens (tertiary/aromatic N) is 1. The minimum absolute atomic E-state index is 0.125. The topological polar surface area (TPSA) is 93.5 Å². The minimum Gasteiger partial charge on any atom is -0.495 e. The third kappa shape index (κ3) is 4.45. The highest BCUT2D eigenvalue weighted by Crippen LogP contribution is 2.29. The number of amides is 1. The van der Waals surface area contributed by atoms with Crippen LogP contribution in [0.15, 0.2) is 46.9 Å². The predicted octanol–water partition coefficient (Wildman–Crippen LogP) is 3.81. The van der Waals surface area contributed by atoms with Crippen LogP contribution in [0.2, 0.25) is 0 Å². The van der Waals surface area contributed by atoms with Crippen molar-refractivity contribution in [3.63, 3.8) is 0 Å². The fourth-order valence-electron chi connectivity index (χ4n) is 2.01. The number of ether oxygens (including phenoxy) is 1. The van der Waals surface area contributed by atoms with Crippen LogP contribution in [0.1, 0.15) is 6.92 Å². The lowest BCUT2D eigenvalue weighted by Gasteiger charge is -2.16. The second-order valence-electron chi connectivity index (χ2n) is 5.00. The van der Waals surface area contributed by atoms with Crippen molar-refractivity contribution in [2.75, 3.05) is 17.7 Å². The summed E-state index contributed by atoms with van der Waals surface area (Å²) in [6, 6.07) is 10.9. The first-order valence-corrected chi connectivity index (χ1v) is 7.85. The van der Waals surface area contributed by atoms with E-state index in [1.807, 2.05) is 24.3 Å². The van der Waals surface area contributed by atoms with Crippen molar-refractivity contribution in [2.45, 2.75) is 13.0 Å². The largest absolute Gasteiger partial charge is 0.495 e. The van der Waals surface area contributed by atoms with Gasteiger partial charge in [-0.3, -0.25) is 14.9 Å². The van der Waals surface area contributed by atoms with E-state index < -0.39 is 11.0 Å². The number of halogens is 1. The molecule has 2 aromatic carbocycles. The Balaban J connectivity index is 2.11. The second kappa shape index (κ2) is 7.78. The number of hydrogen-bond donors (Lipinski definition) is 2. The number of benzene rings is 2. The molecule has 0 radical (unpaired) electrons. The van der Waals surface area contributed by atoms with Gasteiger partial charge in [-0.1, -0.05) is 15.9 Å². The molecule has 0 saturated carbocycles. The van der Waals surface area contributed by atoms with Crippen molar-refractivity contribution in [2.24, 2.45) is 0 Å². The van der Waals surface area contributed by atoms with Gasteiger partial charge in [0.2, 0.25) is 5.91 Å². The maximum Gasteiger partial charge on any atom is 0.271 e. The standard InChI is InChI=1S/C16H16BrN3O4/c1-10(18-12-5-3-11(17)4-6-12)16(21)19-14-9-13(20(22)23)7-8-15(14)24-2/h3-10,18H,1-2H3,(H,19,21). The molecule has 0 aromatic heterocycles. The van der Waals surface area contributed by atoms with Gasteiger partial charge in [-0.2, -0.15) is 0 Å². The van der Waals surface area contributed by atoms with Crippen molar-refractivity contribution in [3.8, 4) is 5.75 Å². The number of nitrogens with one attached hydrogen (secondary N) is 2. The molecule has 2 N–H and O–H groups in total. The first kappa shape index (κ1) is 17.7. The van der Waals surface area contributed by atoms with E-state index in [2.05, 4.69) is 26.6 Å². The van der Waals surface area contributed by atoms with Gasteiger partial charge in [0.1, 0.15) is 11.8 Å². The summed E-state index contributed by atoms with van der Waals surface area (Å²) >= 11 is 3.34. The maximum atomic E-state index is 12.3. The highest BCUT2D eigenvalue weighted by Gasteiger charge is 2.17. The molecular weight excluding hydrogens is 378 g/mol. The predicted molar refractivity (Wildman–Crippen MR) is 95.5 cm³/mol. The van der Waals surface area contributed by atoms with Crippen LogP contribution >= 0.6 is 15.9 Å². The molecule has 0 aliphatic heterocycles. The van der Waals surface area contributed by atoms with Gasteiger partial charge < -0.3 is 15.4 Å². The highest BCUT2D eigenvalue weighted by molar-refractivity contribution is 9.10. The number of rotatable bonds is 6. The number of carbonyl (C=O) groups excluding carboxylic acids is 1. The van der Waals surface area contributed by atoms with Gasteiger partial charge in [-0.25, -0.2) is 0 Å². The zero-order valence-electron chi connectivity index (χ0n) is 13.1. The number of nitro benzene ring substituents is 1. The van der Waals surface area contributed by atoms with Crippen molar-refractivity contribution >= 4 is 38.9 Å². The summed E-state index contributed by atoms with van der Waals surface area (Å²) in [6.45, 7) is 1.70. The van der Waals surface area contributed by atoms with Gasteiger partial charge in [-0.15, -0.1) is 0 Å². The molecule has 1 atom stereocenters. The summed E-state index contributed by atoms with van der Waals surface area (Å²) < 4.78 is 6.07. The summed E-state index contributed by atoms with van der Waals surface area (Å²) in [5, 5.41) is 16.6. The molecular formula is C16H16BrN3O4. The van der Waals surface area contributed by atoms with Crippen LogP contribution in [0, 0.1) is 10.1 Å². The van der Waals surface area contributed by atoms with Gasteiger partial charge in [0.25, 0.3) is 5.69 Å². The van der Waals surface area contributed by atoms with E-state index in [0.717, 1.165) is 10.2 Å². The van der Waals surface area contributed by atoms with Gasteiger partial charge in [0, 0.05) is 22.3 Å². The monoisotopic (exact) mass is 393 g/mol. The fraction of sp³-hybridized carbons (Fsp3) is 0.188. The van der Waals surface area contributed by atoms with Crippen LogP contribution in [0.25, 0.3) is 0 Å². The molecule has 0 aliphatic carbocycles. The molecule has 0 aliphatic rings. The Morgan fingerprint density at radius 1 is 1.25 bits per heavy atom. The van der Waals surface area contributed by atoms with Crippen molar-refractivity contribution in [3.05, 3.63) is 57.1 Å². The summed E-state index contributed by atoms with van der Waals surface area (Å²) in [7, 11) is 1.43. The molecule has 126 valence electrons. The number of nitro groups is 1. The summed E-state index contributed by atoms with van der Waals surface area (Å²) in [5.74, 6) is 0.0153. The van der Waals surface area contributed by atoms with E-state index in [1.165, 1.54) is 25.3 Å². The molecule has 0 spiro atoms. The Morgan fingerprint density at radius 2 is 1.92 bits per heavy atom. The lowest BCUT2D eigenvalue weighted by molar-refractivity contribution is -0.384. The lowest BCUT2D eigenvalue weighted by Crippen LogP contribution is -2.32. The van der Waals surface area contributed by atoms with Crippen LogP contribution in [-0.4, -0.2) is 24.0 Å². The molecule has 7 nitrogen and oxygen atoms in total. The van der Waals surface area contributed by atoms with Crippen LogP contribution in [0.3, 0.4) is 0 Å². The SMILES string of the molecule is COc1ccc([N+](=O)[O-])cc1NC(=O)C(C)Nc1ccc(Br)cc1. The molecule has 24 heavy (non-hydrogen) atoms. The van der Waals surface area contributed by atoms with Crippen LogP contribution in [0.5, 0.6) is 5.75 Å². The smallest absolute Gasteiger partial charge is 0.271 e. The zero-order valence-corrected chi connectivity index (χ0v) is 14.7. The molecule has 0 heterocycles. The van der Waals surface area contributed by atoms with Crippen LogP contribution in [0.4, 0.5) is 17.1 Å². The molecule has 1 amide bonds. The van der Waals surface area contributed by atoms with E-state index in [9.17, 15) is 14.9 Å². The van der Waals surface area contributed by atoms with Crippen LogP contribution < -0.4 is 15.4 Å². The first-order valence-electron chi connectivity index (χ1n) is 7.06. The Morgan fingerprint density at radius 3 is 2.50 bits per heavy atom. The summed E-state index contributed by atoms with van der Waals surface area (Å²) in [4.78, 5) is 22.7. The maximum absolute atomic E-state index is 12.3. The third-order valence-electron chi connectivity index (χ3n) is 3.27. The molecule has 0 fully saturated rings.